The van der Waals surface area contributed by atoms with E-state index in [1.165, 1.54) is 56.1 Å². The van der Waals surface area contributed by atoms with Gasteiger partial charge in [-0.05, 0) is 61.8 Å². The summed E-state index contributed by atoms with van der Waals surface area (Å²) in [5.74, 6) is 1.76. The third kappa shape index (κ3) is 4.54. The van der Waals surface area contributed by atoms with Gasteiger partial charge in [-0.15, -0.1) is 0 Å². The minimum Gasteiger partial charge on any atom is -0.310 e. The number of aryl methyl sites for hydroxylation is 1. The Morgan fingerprint density at radius 1 is 1.19 bits per heavy atom. The average Bonchev–Trinajstić information content (AvgIpc) is 2.51. The van der Waals surface area contributed by atoms with E-state index in [1.54, 1.807) is 0 Å². The van der Waals surface area contributed by atoms with Gasteiger partial charge in [0.25, 0.3) is 0 Å². The Morgan fingerprint density at radius 2 is 1.95 bits per heavy atom. The summed E-state index contributed by atoms with van der Waals surface area (Å²) in [6.07, 6.45) is 13.5. The number of nitrogens with one attached hydrogen (secondary N) is 1. The summed E-state index contributed by atoms with van der Waals surface area (Å²) in [7, 11) is 0. The number of hydrogen-bond donors (Lipinski definition) is 1. The van der Waals surface area contributed by atoms with E-state index < -0.39 is 0 Å². The predicted octanol–water partition coefficient (Wildman–Crippen LogP) is 5.04. The summed E-state index contributed by atoms with van der Waals surface area (Å²) in [4.78, 5) is 4.37. The zero-order valence-electron chi connectivity index (χ0n) is 14.1. The van der Waals surface area contributed by atoms with Crippen LogP contribution in [0.15, 0.2) is 18.5 Å². The lowest BCUT2D eigenvalue weighted by Gasteiger charge is -2.35. The highest BCUT2D eigenvalue weighted by Gasteiger charge is 2.28. The Hall–Kier alpha value is -0.890. The second-order valence-electron chi connectivity index (χ2n) is 6.73. The zero-order chi connectivity index (χ0) is 15.1. The molecular weight excluding hydrogens is 256 g/mol. The maximum Gasteiger partial charge on any atom is 0.0366 e. The number of pyridine rings is 1. The Bertz CT molecular complexity index is 408. The smallest absolute Gasteiger partial charge is 0.0366 e. The van der Waals surface area contributed by atoms with E-state index in [9.17, 15) is 0 Å². The molecule has 1 atom stereocenters. The van der Waals surface area contributed by atoms with E-state index in [2.05, 4.69) is 43.3 Å². The number of hydrogen-bond acceptors (Lipinski definition) is 2. The van der Waals surface area contributed by atoms with Crippen molar-refractivity contribution in [3.8, 4) is 0 Å². The first-order valence-corrected chi connectivity index (χ1v) is 8.90. The van der Waals surface area contributed by atoms with Crippen LogP contribution in [-0.4, -0.2) is 11.5 Å². The summed E-state index contributed by atoms with van der Waals surface area (Å²) in [6.45, 7) is 7.89. The average molecular weight is 288 g/mol. The minimum absolute atomic E-state index is 0.501. The molecule has 1 aromatic heterocycles. The second kappa shape index (κ2) is 8.53. The summed E-state index contributed by atoms with van der Waals surface area (Å²) in [5.41, 5.74) is 2.80. The molecule has 1 aromatic rings. The highest BCUT2D eigenvalue weighted by atomic mass is 14.9. The molecule has 2 nitrogen and oxygen atoms in total. The quantitative estimate of drug-likeness (QED) is 0.760. The van der Waals surface area contributed by atoms with Gasteiger partial charge in [-0.2, -0.15) is 0 Å². The van der Waals surface area contributed by atoms with Gasteiger partial charge in [-0.25, -0.2) is 0 Å². The van der Waals surface area contributed by atoms with Crippen LogP contribution in [-0.2, 0) is 0 Å². The molecule has 1 aliphatic carbocycles. The molecule has 2 rings (SSSR count). The van der Waals surface area contributed by atoms with E-state index in [1.807, 2.05) is 6.20 Å². The van der Waals surface area contributed by atoms with E-state index in [4.69, 9.17) is 0 Å². The molecule has 21 heavy (non-hydrogen) atoms. The van der Waals surface area contributed by atoms with Crippen LogP contribution in [0.3, 0.4) is 0 Å². The number of nitrogens with zero attached hydrogens (tertiary/aromatic N) is 1. The summed E-state index contributed by atoms with van der Waals surface area (Å²) in [6, 6.07) is 2.65. The van der Waals surface area contributed by atoms with E-state index >= 15 is 0 Å². The Morgan fingerprint density at radius 3 is 2.57 bits per heavy atom. The van der Waals surface area contributed by atoms with Crippen molar-refractivity contribution < 1.29 is 0 Å². The Labute approximate surface area is 130 Å². The molecule has 2 heteroatoms. The van der Waals surface area contributed by atoms with Crippen molar-refractivity contribution in [3.05, 3.63) is 29.6 Å². The highest BCUT2D eigenvalue weighted by molar-refractivity contribution is 5.26. The number of aromatic nitrogens is 1. The summed E-state index contributed by atoms with van der Waals surface area (Å²) < 4.78 is 0. The third-order valence-corrected chi connectivity index (χ3v) is 5.09. The van der Waals surface area contributed by atoms with Crippen LogP contribution < -0.4 is 5.32 Å². The topological polar surface area (TPSA) is 24.9 Å². The zero-order valence-corrected chi connectivity index (χ0v) is 14.1. The van der Waals surface area contributed by atoms with Gasteiger partial charge >= 0.3 is 0 Å². The Kier molecular flexibility index (Phi) is 6.69. The standard InChI is InChI=1S/C19H32N2/c1-4-6-16-7-9-17(10-8-16)19(21-12-5-2)18-14-20-13-11-15(18)3/h11,13-14,16-17,19,21H,4-10,12H2,1-3H3. The molecule has 1 heterocycles. The fraction of sp³-hybridized carbons (Fsp3) is 0.737. The molecule has 118 valence electrons. The van der Waals surface area contributed by atoms with Gasteiger partial charge in [0.1, 0.15) is 0 Å². The summed E-state index contributed by atoms with van der Waals surface area (Å²) in [5, 5.41) is 3.80. The monoisotopic (exact) mass is 288 g/mol. The molecule has 1 fully saturated rings. The van der Waals surface area contributed by atoms with Crippen LogP contribution >= 0.6 is 0 Å². The van der Waals surface area contributed by atoms with Crippen molar-refractivity contribution in [1.29, 1.82) is 0 Å². The predicted molar refractivity (Wildman–Crippen MR) is 90.4 cm³/mol. The van der Waals surface area contributed by atoms with Crippen molar-refractivity contribution in [2.24, 2.45) is 11.8 Å². The van der Waals surface area contributed by atoms with Crippen molar-refractivity contribution in [1.82, 2.24) is 10.3 Å². The molecule has 0 radical (unpaired) electrons. The molecule has 0 spiro atoms. The lowest BCUT2D eigenvalue weighted by molar-refractivity contribution is 0.214. The maximum absolute atomic E-state index is 4.37. The first-order valence-electron chi connectivity index (χ1n) is 8.90. The molecule has 0 bridgehead atoms. The maximum atomic E-state index is 4.37. The molecule has 1 unspecified atom stereocenters. The van der Waals surface area contributed by atoms with Crippen LogP contribution in [0.4, 0.5) is 0 Å². The first-order chi connectivity index (χ1) is 10.3. The molecular formula is C19H32N2. The molecule has 1 aliphatic rings. The fourth-order valence-electron chi connectivity index (χ4n) is 3.85. The van der Waals surface area contributed by atoms with Gasteiger partial charge in [0, 0.05) is 18.4 Å². The van der Waals surface area contributed by atoms with Crippen LogP contribution in [0, 0.1) is 18.8 Å². The van der Waals surface area contributed by atoms with Crippen molar-refractivity contribution in [2.75, 3.05) is 6.54 Å². The van der Waals surface area contributed by atoms with E-state index in [-0.39, 0.29) is 0 Å². The second-order valence-corrected chi connectivity index (χ2v) is 6.73. The van der Waals surface area contributed by atoms with Crippen LogP contribution in [0.2, 0.25) is 0 Å². The molecule has 1 N–H and O–H groups in total. The normalized spacial score (nSPS) is 24.0. The van der Waals surface area contributed by atoms with Crippen LogP contribution in [0.1, 0.15) is 76.0 Å². The minimum atomic E-state index is 0.501. The van der Waals surface area contributed by atoms with Gasteiger partial charge in [0.05, 0.1) is 0 Å². The molecule has 0 saturated heterocycles. The SMILES string of the molecule is CCCNC(c1cnccc1C)C1CCC(CCC)CC1. The van der Waals surface area contributed by atoms with E-state index in [0.29, 0.717) is 6.04 Å². The van der Waals surface area contributed by atoms with Crippen LogP contribution in [0.25, 0.3) is 0 Å². The molecule has 1 saturated carbocycles. The van der Waals surface area contributed by atoms with Crippen molar-refractivity contribution >= 4 is 0 Å². The fourth-order valence-corrected chi connectivity index (χ4v) is 3.85. The lowest BCUT2D eigenvalue weighted by Crippen LogP contribution is -2.32. The molecule has 0 amide bonds. The highest BCUT2D eigenvalue weighted by Crippen LogP contribution is 2.38. The van der Waals surface area contributed by atoms with Gasteiger partial charge in [-0.3, -0.25) is 4.98 Å². The summed E-state index contributed by atoms with van der Waals surface area (Å²) >= 11 is 0. The molecule has 0 aliphatic heterocycles. The first kappa shape index (κ1) is 16.5. The van der Waals surface area contributed by atoms with E-state index in [0.717, 1.165) is 18.4 Å². The van der Waals surface area contributed by atoms with Crippen molar-refractivity contribution in [3.63, 3.8) is 0 Å². The Balaban J connectivity index is 2.05. The van der Waals surface area contributed by atoms with Gasteiger partial charge < -0.3 is 5.32 Å². The van der Waals surface area contributed by atoms with Crippen LogP contribution in [0.5, 0.6) is 0 Å². The molecule has 0 aromatic carbocycles. The van der Waals surface area contributed by atoms with Gasteiger partial charge in [-0.1, -0.05) is 39.5 Å². The van der Waals surface area contributed by atoms with Gasteiger partial charge in [0.2, 0.25) is 0 Å². The third-order valence-electron chi connectivity index (χ3n) is 5.09. The van der Waals surface area contributed by atoms with Crippen molar-refractivity contribution in [2.45, 2.75) is 71.8 Å². The number of rotatable bonds is 7. The lowest BCUT2D eigenvalue weighted by atomic mass is 9.75. The van der Waals surface area contributed by atoms with Gasteiger partial charge in [0.15, 0.2) is 0 Å². The largest absolute Gasteiger partial charge is 0.310 e.